The van der Waals surface area contributed by atoms with Crippen molar-refractivity contribution in [3.05, 3.63) is 29.8 Å². The molecule has 0 aromatic heterocycles. The third-order valence-electron chi connectivity index (χ3n) is 6.37. The molecule has 0 unspecified atom stereocenters. The molecule has 108 valence electrons. The predicted molar refractivity (Wildman–Crippen MR) is 81.7 cm³/mol. The zero-order valence-corrected chi connectivity index (χ0v) is 12.3. The zero-order valence-electron chi connectivity index (χ0n) is 12.3. The third-order valence-corrected chi connectivity index (χ3v) is 6.37. The number of aryl methyl sites for hydroxylation is 1. The fourth-order valence-corrected chi connectivity index (χ4v) is 5.49. The molecular formula is C18H25NO. The third kappa shape index (κ3) is 1.74. The topological polar surface area (TPSA) is 32.3 Å². The molecule has 0 amide bonds. The molecule has 0 saturated heterocycles. The summed E-state index contributed by atoms with van der Waals surface area (Å²) in [6.45, 7) is 2.44. The van der Waals surface area contributed by atoms with Gasteiger partial charge in [-0.3, -0.25) is 0 Å². The van der Waals surface area contributed by atoms with Crippen LogP contribution >= 0.6 is 0 Å². The second kappa shape index (κ2) is 4.49. The van der Waals surface area contributed by atoms with Crippen molar-refractivity contribution in [2.45, 2.75) is 44.6 Å². The van der Waals surface area contributed by atoms with Crippen molar-refractivity contribution in [1.29, 1.82) is 0 Å². The Morgan fingerprint density at radius 2 is 1.65 bits per heavy atom. The average Bonchev–Trinajstić information content (AvgIpc) is 2.44. The monoisotopic (exact) mass is 271 g/mol. The average molecular weight is 271 g/mol. The van der Waals surface area contributed by atoms with E-state index in [-0.39, 0.29) is 12.1 Å². The van der Waals surface area contributed by atoms with Crippen molar-refractivity contribution in [2.24, 2.45) is 23.7 Å². The van der Waals surface area contributed by atoms with E-state index >= 15 is 0 Å². The summed E-state index contributed by atoms with van der Waals surface area (Å²) in [6.07, 6.45) is 6.76. The lowest BCUT2D eigenvalue weighted by molar-refractivity contribution is -0.0655. The van der Waals surface area contributed by atoms with Crippen molar-refractivity contribution in [3.8, 4) is 0 Å². The van der Waals surface area contributed by atoms with E-state index in [2.05, 4.69) is 36.5 Å². The van der Waals surface area contributed by atoms with E-state index in [1.165, 1.54) is 43.4 Å². The second-order valence-electron chi connectivity index (χ2n) is 7.44. The molecule has 0 heterocycles. The highest BCUT2D eigenvalue weighted by Crippen LogP contribution is 2.59. The Morgan fingerprint density at radius 3 is 2.20 bits per heavy atom. The summed E-state index contributed by atoms with van der Waals surface area (Å²) in [7, 11) is 0. The van der Waals surface area contributed by atoms with Gasteiger partial charge in [-0.15, -0.1) is 0 Å². The lowest BCUT2D eigenvalue weighted by atomic mass is 9.48. The molecule has 4 aliphatic carbocycles. The van der Waals surface area contributed by atoms with Crippen LogP contribution in [-0.2, 0) is 0 Å². The predicted octanol–water partition coefficient (Wildman–Crippen LogP) is 3.59. The van der Waals surface area contributed by atoms with Gasteiger partial charge in [-0.2, -0.15) is 0 Å². The maximum atomic E-state index is 10.2. The number of benzene rings is 1. The molecule has 0 atom stereocenters. The maximum absolute atomic E-state index is 10.2. The minimum absolute atomic E-state index is 0.0560. The van der Waals surface area contributed by atoms with Crippen LogP contribution in [0.15, 0.2) is 24.3 Å². The molecule has 0 radical (unpaired) electrons. The van der Waals surface area contributed by atoms with Gasteiger partial charge in [0.05, 0.1) is 12.1 Å². The van der Waals surface area contributed by atoms with Crippen LogP contribution in [0.25, 0.3) is 0 Å². The molecule has 0 aliphatic heterocycles. The smallest absolute Gasteiger partial charge is 0.0667 e. The fraction of sp³-hybridized carbons (Fsp3) is 0.667. The van der Waals surface area contributed by atoms with Gasteiger partial charge in [-0.05, 0) is 74.3 Å². The quantitative estimate of drug-likeness (QED) is 0.880. The highest BCUT2D eigenvalue weighted by molar-refractivity contribution is 5.53. The van der Waals surface area contributed by atoms with Crippen LogP contribution in [0.4, 0.5) is 5.69 Å². The van der Waals surface area contributed by atoms with Crippen molar-refractivity contribution >= 4 is 5.69 Å². The normalized spacial score (nSPS) is 41.9. The minimum atomic E-state index is -0.0560. The summed E-state index contributed by atoms with van der Waals surface area (Å²) < 4.78 is 0. The molecule has 4 saturated carbocycles. The molecule has 2 heteroatoms. The van der Waals surface area contributed by atoms with E-state index < -0.39 is 0 Å². The van der Waals surface area contributed by atoms with E-state index in [4.69, 9.17) is 0 Å². The van der Waals surface area contributed by atoms with Gasteiger partial charge >= 0.3 is 0 Å². The van der Waals surface area contributed by atoms with Gasteiger partial charge in [-0.25, -0.2) is 0 Å². The van der Waals surface area contributed by atoms with Crippen molar-refractivity contribution < 1.29 is 5.11 Å². The van der Waals surface area contributed by atoms with Gasteiger partial charge in [0, 0.05) is 5.69 Å². The Balaban J connectivity index is 1.68. The minimum Gasteiger partial charge on any atom is -0.394 e. The lowest BCUT2D eigenvalue weighted by Crippen LogP contribution is -2.63. The van der Waals surface area contributed by atoms with E-state index in [0.29, 0.717) is 11.8 Å². The van der Waals surface area contributed by atoms with Gasteiger partial charge in [-0.1, -0.05) is 18.2 Å². The summed E-state index contributed by atoms with van der Waals surface area (Å²) in [4.78, 5) is 0. The molecule has 4 aliphatic rings. The lowest BCUT2D eigenvalue weighted by Gasteiger charge is -2.61. The van der Waals surface area contributed by atoms with Crippen LogP contribution in [0.1, 0.15) is 37.7 Å². The molecule has 1 aromatic carbocycles. The molecule has 2 nitrogen and oxygen atoms in total. The largest absolute Gasteiger partial charge is 0.394 e. The van der Waals surface area contributed by atoms with Crippen molar-refractivity contribution in [2.75, 3.05) is 11.9 Å². The Hall–Kier alpha value is -1.02. The number of nitrogens with one attached hydrogen (secondary N) is 1. The van der Waals surface area contributed by atoms with Gasteiger partial charge in [0.25, 0.3) is 0 Å². The molecule has 0 spiro atoms. The van der Waals surface area contributed by atoms with Crippen molar-refractivity contribution in [1.82, 2.24) is 0 Å². The first-order valence-corrected chi connectivity index (χ1v) is 8.16. The number of aliphatic hydroxyl groups is 1. The SMILES string of the molecule is Cc1ccccc1NC1(CO)C2CC3CC(C2)CC1C3. The van der Waals surface area contributed by atoms with Crippen LogP contribution in [0, 0.1) is 30.6 Å². The van der Waals surface area contributed by atoms with Crippen LogP contribution < -0.4 is 5.32 Å². The number of hydrogen-bond acceptors (Lipinski definition) is 2. The molecule has 5 rings (SSSR count). The zero-order chi connectivity index (χ0) is 13.7. The highest BCUT2D eigenvalue weighted by atomic mass is 16.3. The van der Waals surface area contributed by atoms with Gasteiger partial charge in [0.15, 0.2) is 0 Å². The molecule has 4 bridgehead atoms. The molecule has 4 fully saturated rings. The highest BCUT2D eigenvalue weighted by Gasteiger charge is 2.57. The number of rotatable bonds is 3. The molecule has 20 heavy (non-hydrogen) atoms. The summed E-state index contributed by atoms with van der Waals surface area (Å²) in [5, 5.41) is 14.0. The number of anilines is 1. The first-order chi connectivity index (χ1) is 9.71. The first-order valence-electron chi connectivity index (χ1n) is 8.16. The summed E-state index contributed by atoms with van der Waals surface area (Å²) in [6, 6.07) is 8.50. The fourth-order valence-electron chi connectivity index (χ4n) is 5.49. The second-order valence-corrected chi connectivity index (χ2v) is 7.44. The number of aliphatic hydroxyl groups excluding tert-OH is 1. The Labute approximate surface area is 121 Å². The molecular weight excluding hydrogens is 246 g/mol. The van der Waals surface area contributed by atoms with E-state index in [1.54, 1.807) is 0 Å². The Kier molecular flexibility index (Phi) is 2.85. The van der Waals surface area contributed by atoms with Crippen LogP contribution in [0.3, 0.4) is 0 Å². The van der Waals surface area contributed by atoms with Gasteiger partial charge in [0.1, 0.15) is 0 Å². The van der Waals surface area contributed by atoms with Gasteiger partial charge < -0.3 is 10.4 Å². The molecule has 2 N–H and O–H groups in total. The molecule has 1 aromatic rings. The first kappa shape index (κ1) is 12.7. The summed E-state index contributed by atoms with van der Waals surface area (Å²) in [5.41, 5.74) is 2.45. The Bertz CT molecular complexity index is 482. The van der Waals surface area contributed by atoms with Crippen molar-refractivity contribution in [3.63, 3.8) is 0 Å². The van der Waals surface area contributed by atoms with Gasteiger partial charge in [0.2, 0.25) is 0 Å². The number of para-hydroxylation sites is 1. The van der Waals surface area contributed by atoms with E-state index in [9.17, 15) is 5.11 Å². The van der Waals surface area contributed by atoms with Crippen LogP contribution in [0.2, 0.25) is 0 Å². The number of hydrogen-bond donors (Lipinski definition) is 2. The standard InChI is InChI=1S/C18H25NO/c1-12-4-2-3-5-17(12)19-18(11-20)15-7-13-6-14(9-15)10-16(18)8-13/h2-5,13-16,19-20H,6-11H2,1H3. The summed E-state index contributed by atoms with van der Waals surface area (Å²) in [5.74, 6) is 3.22. The summed E-state index contributed by atoms with van der Waals surface area (Å²) >= 11 is 0. The van der Waals surface area contributed by atoms with E-state index in [1.807, 2.05) is 0 Å². The van der Waals surface area contributed by atoms with Crippen LogP contribution in [-0.4, -0.2) is 17.3 Å². The maximum Gasteiger partial charge on any atom is 0.0667 e. The van der Waals surface area contributed by atoms with Crippen LogP contribution in [0.5, 0.6) is 0 Å². The Morgan fingerprint density at radius 1 is 1.05 bits per heavy atom. The van der Waals surface area contributed by atoms with E-state index in [0.717, 1.165) is 11.8 Å².